The Labute approximate surface area is 81.3 Å². The van der Waals surface area contributed by atoms with Crippen molar-refractivity contribution in [3.63, 3.8) is 0 Å². The number of aliphatic hydroxyl groups excluding tert-OH is 1. The highest BCUT2D eigenvalue weighted by atomic mass is 16.5. The van der Waals surface area contributed by atoms with E-state index in [1.54, 1.807) is 7.11 Å². The fourth-order valence-electron chi connectivity index (χ4n) is 1.91. The van der Waals surface area contributed by atoms with E-state index < -0.39 is 0 Å². The molecule has 13 heavy (non-hydrogen) atoms. The second-order valence-corrected chi connectivity index (χ2v) is 5.27. The minimum absolute atomic E-state index is 0.0308. The second-order valence-electron chi connectivity index (χ2n) is 5.27. The largest absolute Gasteiger partial charge is 0.390 e. The molecular formula is C11H22O2. The standard InChI is InChI=1S/C11H22O2/c1-11(2,3)10(13-4)9(12)7-8-5-6-8/h8-10,12H,5-7H2,1-4H3. The number of aliphatic hydroxyl groups is 1. The highest BCUT2D eigenvalue weighted by Gasteiger charge is 2.35. The van der Waals surface area contributed by atoms with Crippen LogP contribution in [0, 0.1) is 11.3 Å². The third kappa shape index (κ3) is 3.28. The summed E-state index contributed by atoms with van der Waals surface area (Å²) in [7, 11) is 1.69. The lowest BCUT2D eigenvalue weighted by atomic mass is 9.84. The summed E-state index contributed by atoms with van der Waals surface area (Å²) in [6, 6.07) is 0. The molecule has 2 unspecified atom stereocenters. The van der Waals surface area contributed by atoms with E-state index in [-0.39, 0.29) is 17.6 Å². The van der Waals surface area contributed by atoms with Gasteiger partial charge in [0.05, 0.1) is 12.2 Å². The molecule has 2 nitrogen and oxygen atoms in total. The van der Waals surface area contributed by atoms with Crippen LogP contribution in [0.4, 0.5) is 0 Å². The predicted octanol–water partition coefficient (Wildman–Crippen LogP) is 2.21. The second kappa shape index (κ2) is 3.97. The highest BCUT2D eigenvalue weighted by molar-refractivity contribution is 4.85. The Hall–Kier alpha value is -0.0800. The van der Waals surface area contributed by atoms with Crippen molar-refractivity contribution in [3.8, 4) is 0 Å². The molecule has 0 spiro atoms. The molecule has 2 atom stereocenters. The fourth-order valence-corrected chi connectivity index (χ4v) is 1.91. The van der Waals surface area contributed by atoms with Crippen LogP contribution in [0.3, 0.4) is 0 Å². The Morgan fingerprint density at radius 2 is 1.92 bits per heavy atom. The van der Waals surface area contributed by atoms with E-state index in [0.29, 0.717) is 0 Å². The SMILES string of the molecule is COC(C(O)CC1CC1)C(C)(C)C. The van der Waals surface area contributed by atoms with Gasteiger partial charge >= 0.3 is 0 Å². The smallest absolute Gasteiger partial charge is 0.0878 e. The lowest BCUT2D eigenvalue weighted by Crippen LogP contribution is -2.39. The van der Waals surface area contributed by atoms with E-state index in [4.69, 9.17) is 4.74 Å². The number of ether oxygens (including phenoxy) is 1. The van der Waals surface area contributed by atoms with Crippen LogP contribution in [0.2, 0.25) is 0 Å². The van der Waals surface area contributed by atoms with E-state index in [0.717, 1.165) is 12.3 Å². The monoisotopic (exact) mass is 186 g/mol. The van der Waals surface area contributed by atoms with Gasteiger partial charge in [-0.3, -0.25) is 0 Å². The van der Waals surface area contributed by atoms with Gasteiger partial charge < -0.3 is 9.84 Å². The molecule has 0 bridgehead atoms. The molecule has 1 N–H and O–H groups in total. The molecule has 78 valence electrons. The highest BCUT2D eigenvalue weighted by Crippen LogP contribution is 2.36. The summed E-state index contributed by atoms with van der Waals surface area (Å²) in [5.41, 5.74) is 0.0308. The average Bonchev–Trinajstić information content (AvgIpc) is 2.69. The van der Waals surface area contributed by atoms with E-state index in [1.807, 2.05) is 0 Å². The Balaban J connectivity index is 2.43. The van der Waals surface area contributed by atoms with Crippen molar-refractivity contribution >= 4 is 0 Å². The van der Waals surface area contributed by atoms with E-state index in [2.05, 4.69) is 20.8 Å². The minimum Gasteiger partial charge on any atom is -0.390 e. The lowest BCUT2D eigenvalue weighted by molar-refractivity contribution is -0.0749. The van der Waals surface area contributed by atoms with Crippen LogP contribution in [0.25, 0.3) is 0 Å². The molecule has 1 aliphatic carbocycles. The minimum atomic E-state index is -0.294. The maximum absolute atomic E-state index is 9.93. The van der Waals surface area contributed by atoms with Gasteiger partial charge in [-0.1, -0.05) is 33.6 Å². The number of hydrogen-bond acceptors (Lipinski definition) is 2. The maximum Gasteiger partial charge on any atom is 0.0878 e. The Kier molecular flexibility index (Phi) is 3.36. The van der Waals surface area contributed by atoms with Gasteiger partial charge in [0.15, 0.2) is 0 Å². The molecule has 2 heteroatoms. The topological polar surface area (TPSA) is 29.5 Å². The number of rotatable bonds is 4. The van der Waals surface area contributed by atoms with Crippen molar-refractivity contribution in [1.29, 1.82) is 0 Å². The molecular weight excluding hydrogens is 164 g/mol. The molecule has 0 aliphatic heterocycles. The zero-order valence-electron chi connectivity index (χ0n) is 9.21. The molecule has 0 heterocycles. The van der Waals surface area contributed by atoms with Crippen LogP contribution in [0.15, 0.2) is 0 Å². The molecule has 0 aromatic rings. The van der Waals surface area contributed by atoms with Crippen molar-refractivity contribution in [2.75, 3.05) is 7.11 Å². The number of methoxy groups -OCH3 is 1. The first-order chi connectivity index (χ1) is 5.95. The summed E-state index contributed by atoms with van der Waals surface area (Å²) >= 11 is 0. The maximum atomic E-state index is 9.93. The Bertz CT molecular complexity index is 156. The summed E-state index contributed by atoms with van der Waals surface area (Å²) in [6.07, 6.45) is 3.16. The van der Waals surface area contributed by atoms with E-state index in [1.165, 1.54) is 12.8 Å². The zero-order chi connectivity index (χ0) is 10.1. The van der Waals surface area contributed by atoms with Gasteiger partial charge in [-0.15, -0.1) is 0 Å². The molecule has 0 saturated heterocycles. The molecule has 1 rings (SSSR count). The lowest BCUT2D eigenvalue weighted by Gasteiger charge is -2.33. The Morgan fingerprint density at radius 1 is 1.38 bits per heavy atom. The average molecular weight is 186 g/mol. The third-order valence-corrected chi connectivity index (χ3v) is 2.73. The van der Waals surface area contributed by atoms with Crippen LogP contribution in [0.5, 0.6) is 0 Å². The van der Waals surface area contributed by atoms with Gasteiger partial charge in [0, 0.05) is 7.11 Å². The normalized spacial score (nSPS) is 22.8. The summed E-state index contributed by atoms with van der Waals surface area (Å²) in [5.74, 6) is 0.759. The van der Waals surface area contributed by atoms with Crippen LogP contribution < -0.4 is 0 Å². The first kappa shape index (κ1) is 11.0. The third-order valence-electron chi connectivity index (χ3n) is 2.73. The van der Waals surface area contributed by atoms with Crippen molar-refractivity contribution in [2.45, 2.75) is 52.2 Å². The summed E-state index contributed by atoms with van der Waals surface area (Å²) in [6.45, 7) is 6.33. The predicted molar refractivity (Wildman–Crippen MR) is 53.6 cm³/mol. The molecule has 1 saturated carbocycles. The van der Waals surface area contributed by atoms with Gasteiger partial charge in [0.25, 0.3) is 0 Å². The van der Waals surface area contributed by atoms with Gasteiger partial charge in [-0.2, -0.15) is 0 Å². The van der Waals surface area contributed by atoms with Crippen LogP contribution in [-0.4, -0.2) is 24.4 Å². The van der Waals surface area contributed by atoms with E-state index in [9.17, 15) is 5.11 Å². The molecule has 1 aliphatic rings. The van der Waals surface area contributed by atoms with Crippen molar-refractivity contribution in [3.05, 3.63) is 0 Å². The molecule has 0 aromatic heterocycles. The summed E-state index contributed by atoms with van der Waals surface area (Å²) < 4.78 is 5.36. The Morgan fingerprint density at radius 3 is 2.23 bits per heavy atom. The van der Waals surface area contributed by atoms with E-state index >= 15 is 0 Å². The molecule has 1 fully saturated rings. The quantitative estimate of drug-likeness (QED) is 0.729. The van der Waals surface area contributed by atoms with Gasteiger partial charge in [-0.25, -0.2) is 0 Å². The molecule has 0 amide bonds. The van der Waals surface area contributed by atoms with Gasteiger partial charge in [0.1, 0.15) is 0 Å². The van der Waals surface area contributed by atoms with Gasteiger partial charge in [-0.05, 0) is 17.8 Å². The summed E-state index contributed by atoms with van der Waals surface area (Å²) in [4.78, 5) is 0. The van der Waals surface area contributed by atoms with Crippen LogP contribution in [-0.2, 0) is 4.74 Å². The molecule has 0 radical (unpaired) electrons. The van der Waals surface area contributed by atoms with Crippen molar-refractivity contribution in [1.82, 2.24) is 0 Å². The molecule has 0 aromatic carbocycles. The first-order valence-electron chi connectivity index (χ1n) is 5.16. The van der Waals surface area contributed by atoms with Gasteiger partial charge in [0.2, 0.25) is 0 Å². The van der Waals surface area contributed by atoms with Crippen molar-refractivity contribution in [2.24, 2.45) is 11.3 Å². The number of hydrogen-bond donors (Lipinski definition) is 1. The van der Waals surface area contributed by atoms with Crippen LogP contribution in [0.1, 0.15) is 40.0 Å². The zero-order valence-corrected chi connectivity index (χ0v) is 9.21. The first-order valence-corrected chi connectivity index (χ1v) is 5.16. The summed E-state index contributed by atoms with van der Waals surface area (Å²) in [5, 5.41) is 9.93. The van der Waals surface area contributed by atoms with Crippen molar-refractivity contribution < 1.29 is 9.84 Å². The van der Waals surface area contributed by atoms with Crippen LogP contribution >= 0.6 is 0 Å². The fraction of sp³-hybridized carbons (Fsp3) is 1.00.